The maximum absolute atomic E-state index is 10.7. The van der Waals surface area contributed by atoms with Crippen LogP contribution in [0.25, 0.3) is 0 Å². The summed E-state index contributed by atoms with van der Waals surface area (Å²) >= 11 is 1.54. The molecule has 2 heterocycles. The molecule has 0 amide bonds. The first-order valence-electron chi connectivity index (χ1n) is 5.93. The average Bonchev–Trinajstić information content (AvgIpc) is 2.50. The third kappa shape index (κ3) is 2.89. The summed E-state index contributed by atoms with van der Waals surface area (Å²) in [6.45, 7) is 5.18. The van der Waals surface area contributed by atoms with Crippen molar-refractivity contribution in [2.45, 2.75) is 39.2 Å². The molecule has 3 nitrogen and oxygen atoms in total. The molecule has 0 bridgehead atoms. The van der Waals surface area contributed by atoms with Crippen LogP contribution in [0, 0.1) is 6.92 Å². The van der Waals surface area contributed by atoms with Gasteiger partial charge in [0.2, 0.25) is 0 Å². The number of aryl methyl sites for hydroxylation is 1. The molecule has 1 aromatic rings. The van der Waals surface area contributed by atoms with Crippen LogP contribution in [0.3, 0.4) is 0 Å². The fourth-order valence-corrected chi connectivity index (χ4v) is 3.05. The van der Waals surface area contributed by atoms with Crippen LogP contribution in [-0.4, -0.2) is 29.3 Å². The highest BCUT2D eigenvalue weighted by Crippen LogP contribution is 2.19. The second-order valence-corrected chi connectivity index (χ2v) is 5.48. The lowest BCUT2D eigenvalue weighted by molar-refractivity contribution is 0.112. The smallest absolute Gasteiger partial charge is 0.161 e. The zero-order valence-corrected chi connectivity index (χ0v) is 10.6. The fraction of sp³-hybridized carbons (Fsp3) is 0.667. The van der Waals surface area contributed by atoms with Gasteiger partial charge in [-0.25, -0.2) is 4.98 Å². The van der Waals surface area contributed by atoms with Crippen molar-refractivity contribution >= 4 is 17.6 Å². The number of rotatable bonds is 3. The SMILES string of the molecule is Cc1nc(CN2CCCCCC2)sc1C=O. The Bertz CT molecular complexity index is 354. The van der Waals surface area contributed by atoms with E-state index in [1.165, 1.54) is 50.1 Å². The zero-order chi connectivity index (χ0) is 11.4. The lowest BCUT2D eigenvalue weighted by Crippen LogP contribution is -2.23. The van der Waals surface area contributed by atoms with Crippen LogP contribution in [-0.2, 0) is 6.54 Å². The zero-order valence-electron chi connectivity index (χ0n) is 9.74. The summed E-state index contributed by atoms with van der Waals surface area (Å²) < 4.78 is 0. The molecule has 1 aliphatic rings. The van der Waals surface area contributed by atoms with Crippen molar-refractivity contribution in [2.24, 2.45) is 0 Å². The molecule has 0 unspecified atom stereocenters. The van der Waals surface area contributed by atoms with E-state index in [1.807, 2.05) is 6.92 Å². The highest BCUT2D eigenvalue weighted by molar-refractivity contribution is 7.13. The lowest BCUT2D eigenvalue weighted by atomic mass is 10.2. The van der Waals surface area contributed by atoms with E-state index in [4.69, 9.17) is 0 Å². The minimum atomic E-state index is 0.782. The Morgan fingerprint density at radius 3 is 2.56 bits per heavy atom. The Morgan fingerprint density at radius 1 is 1.31 bits per heavy atom. The van der Waals surface area contributed by atoms with Crippen LogP contribution in [0.4, 0.5) is 0 Å². The van der Waals surface area contributed by atoms with Crippen molar-refractivity contribution in [1.29, 1.82) is 0 Å². The van der Waals surface area contributed by atoms with E-state index in [-0.39, 0.29) is 0 Å². The Labute approximate surface area is 100 Å². The number of hydrogen-bond acceptors (Lipinski definition) is 4. The fourth-order valence-electron chi connectivity index (χ4n) is 2.13. The molecule has 0 N–H and O–H groups in total. The second kappa shape index (κ2) is 5.55. The lowest BCUT2D eigenvalue weighted by Gasteiger charge is -2.17. The van der Waals surface area contributed by atoms with Crippen molar-refractivity contribution < 1.29 is 4.79 Å². The summed E-state index contributed by atoms with van der Waals surface area (Å²) in [5.41, 5.74) is 0.879. The van der Waals surface area contributed by atoms with Crippen molar-refractivity contribution in [3.8, 4) is 0 Å². The van der Waals surface area contributed by atoms with Crippen LogP contribution in [0.15, 0.2) is 0 Å². The number of carbonyl (C=O) groups is 1. The second-order valence-electron chi connectivity index (χ2n) is 4.37. The molecular formula is C12H18N2OS. The van der Waals surface area contributed by atoms with Gasteiger partial charge in [0.25, 0.3) is 0 Å². The van der Waals surface area contributed by atoms with Gasteiger partial charge in [0, 0.05) is 0 Å². The van der Waals surface area contributed by atoms with Gasteiger partial charge in [-0.1, -0.05) is 12.8 Å². The Hall–Kier alpha value is -0.740. The van der Waals surface area contributed by atoms with Gasteiger partial charge in [0.1, 0.15) is 5.01 Å². The van der Waals surface area contributed by atoms with Gasteiger partial charge < -0.3 is 0 Å². The molecule has 4 heteroatoms. The van der Waals surface area contributed by atoms with Crippen molar-refractivity contribution in [2.75, 3.05) is 13.1 Å². The summed E-state index contributed by atoms with van der Waals surface area (Å²) in [5.74, 6) is 0. The Kier molecular flexibility index (Phi) is 4.07. The number of hydrogen-bond donors (Lipinski definition) is 0. The predicted octanol–water partition coefficient (Wildman–Crippen LogP) is 2.64. The van der Waals surface area contributed by atoms with E-state index < -0.39 is 0 Å². The summed E-state index contributed by atoms with van der Waals surface area (Å²) in [4.78, 5) is 18.4. The van der Waals surface area contributed by atoms with Crippen molar-refractivity contribution in [3.05, 3.63) is 15.6 Å². The molecule has 16 heavy (non-hydrogen) atoms. The molecule has 1 saturated heterocycles. The van der Waals surface area contributed by atoms with E-state index in [1.54, 1.807) is 0 Å². The van der Waals surface area contributed by atoms with Crippen molar-refractivity contribution in [1.82, 2.24) is 9.88 Å². The summed E-state index contributed by atoms with van der Waals surface area (Å²) in [6.07, 6.45) is 6.22. The van der Waals surface area contributed by atoms with Crippen LogP contribution < -0.4 is 0 Å². The minimum Gasteiger partial charge on any atom is -0.297 e. The van der Waals surface area contributed by atoms with Gasteiger partial charge in [-0.15, -0.1) is 11.3 Å². The maximum Gasteiger partial charge on any atom is 0.161 e. The standard InChI is InChI=1S/C12H18N2OS/c1-10-11(9-15)16-12(13-10)8-14-6-4-2-3-5-7-14/h9H,2-8H2,1H3. The molecule has 0 aromatic carbocycles. The van der Waals surface area contributed by atoms with Gasteiger partial charge in [-0.05, 0) is 32.9 Å². The monoisotopic (exact) mass is 238 g/mol. The van der Waals surface area contributed by atoms with Gasteiger partial charge in [0.15, 0.2) is 6.29 Å². The van der Waals surface area contributed by atoms with Gasteiger partial charge in [-0.2, -0.15) is 0 Å². The molecule has 1 fully saturated rings. The first-order chi connectivity index (χ1) is 7.79. The highest BCUT2D eigenvalue weighted by atomic mass is 32.1. The maximum atomic E-state index is 10.7. The van der Waals surface area contributed by atoms with E-state index in [9.17, 15) is 4.79 Å². The molecule has 0 atom stereocenters. The van der Waals surface area contributed by atoms with Gasteiger partial charge in [0.05, 0.1) is 17.1 Å². The predicted molar refractivity (Wildman–Crippen MR) is 66.0 cm³/mol. The average molecular weight is 238 g/mol. The third-order valence-electron chi connectivity index (χ3n) is 3.04. The minimum absolute atomic E-state index is 0.782. The van der Waals surface area contributed by atoms with Crippen LogP contribution in [0.1, 0.15) is 46.1 Å². The van der Waals surface area contributed by atoms with Crippen LogP contribution >= 0.6 is 11.3 Å². The first-order valence-corrected chi connectivity index (χ1v) is 6.75. The molecule has 1 aliphatic heterocycles. The highest BCUT2D eigenvalue weighted by Gasteiger charge is 2.13. The molecular weight excluding hydrogens is 220 g/mol. The number of carbonyl (C=O) groups excluding carboxylic acids is 1. The molecule has 0 spiro atoms. The van der Waals surface area contributed by atoms with E-state index in [0.717, 1.165) is 28.4 Å². The first kappa shape index (κ1) is 11.7. The molecule has 88 valence electrons. The number of thiazole rings is 1. The Balaban J connectivity index is 1.98. The van der Waals surface area contributed by atoms with E-state index in [2.05, 4.69) is 9.88 Å². The summed E-state index contributed by atoms with van der Waals surface area (Å²) in [5, 5.41) is 1.08. The van der Waals surface area contributed by atoms with Gasteiger partial charge >= 0.3 is 0 Å². The number of aromatic nitrogens is 1. The number of likely N-dealkylation sites (tertiary alicyclic amines) is 1. The van der Waals surface area contributed by atoms with Gasteiger partial charge in [-0.3, -0.25) is 9.69 Å². The number of aldehydes is 1. The topological polar surface area (TPSA) is 33.2 Å². The summed E-state index contributed by atoms with van der Waals surface area (Å²) in [7, 11) is 0. The van der Waals surface area contributed by atoms with Crippen LogP contribution in [0.5, 0.6) is 0 Å². The molecule has 0 saturated carbocycles. The molecule has 0 aliphatic carbocycles. The van der Waals surface area contributed by atoms with Crippen molar-refractivity contribution in [3.63, 3.8) is 0 Å². The normalized spacial score (nSPS) is 18.3. The molecule has 2 rings (SSSR count). The Morgan fingerprint density at radius 2 is 2.00 bits per heavy atom. The number of nitrogens with zero attached hydrogens (tertiary/aromatic N) is 2. The van der Waals surface area contributed by atoms with E-state index in [0.29, 0.717) is 0 Å². The van der Waals surface area contributed by atoms with Crippen LogP contribution in [0.2, 0.25) is 0 Å². The molecule has 0 radical (unpaired) electrons. The molecule has 1 aromatic heterocycles. The van der Waals surface area contributed by atoms with E-state index >= 15 is 0 Å². The largest absolute Gasteiger partial charge is 0.297 e. The quantitative estimate of drug-likeness (QED) is 0.759. The summed E-state index contributed by atoms with van der Waals surface area (Å²) in [6, 6.07) is 0. The third-order valence-corrected chi connectivity index (χ3v) is 4.11.